The molecular weight excluding hydrogens is 413 g/mol. The van der Waals surface area contributed by atoms with Crippen molar-refractivity contribution in [1.82, 2.24) is 4.57 Å². The Bertz CT molecular complexity index is 1290. The van der Waals surface area contributed by atoms with Crippen LogP contribution in [0.3, 0.4) is 0 Å². The summed E-state index contributed by atoms with van der Waals surface area (Å²) < 4.78 is 2.03. The van der Waals surface area contributed by atoms with E-state index in [4.69, 9.17) is 23.2 Å². The van der Waals surface area contributed by atoms with E-state index in [1.807, 2.05) is 37.3 Å². The number of hydrogen-bond acceptors (Lipinski definition) is 4. The molecule has 0 unspecified atom stereocenters. The lowest BCUT2D eigenvalue weighted by Crippen LogP contribution is -2.31. The van der Waals surface area contributed by atoms with Gasteiger partial charge >= 0.3 is 0 Å². The fourth-order valence-electron chi connectivity index (χ4n) is 2.80. The summed E-state index contributed by atoms with van der Waals surface area (Å²) in [7, 11) is 0. The number of thiazole rings is 1. The fraction of sp³-hybridized carbons (Fsp3) is 0.0952. The van der Waals surface area contributed by atoms with Crippen molar-refractivity contribution in [1.29, 1.82) is 10.5 Å². The van der Waals surface area contributed by atoms with Crippen molar-refractivity contribution in [3.8, 4) is 17.8 Å². The minimum atomic E-state index is -0.333. The first-order valence-electron chi connectivity index (χ1n) is 8.32. The van der Waals surface area contributed by atoms with Gasteiger partial charge in [-0.1, -0.05) is 54.4 Å². The van der Waals surface area contributed by atoms with Gasteiger partial charge in [0.05, 0.1) is 10.2 Å². The number of aromatic nitrogens is 1. The molecule has 0 aliphatic rings. The van der Waals surface area contributed by atoms with E-state index in [1.54, 1.807) is 30.3 Å². The molecule has 0 bridgehead atoms. The van der Waals surface area contributed by atoms with Gasteiger partial charge in [-0.15, -0.1) is 11.3 Å². The molecule has 4 nitrogen and oxygen atoms in total. The summed E-state index contributed by atoms with van der Waals surface area (Å²) in [5.74, 6) is 0. The van der Waals surface area contributed by atoms with Gasteiger partial charge in [0.1, 0.15) is 16.8 Å². The fourth-order valence-corrected chi connectivity index (χ4v) is 4.33. The molecule has 0 atom stereocenters. The SMILES string of the molecule is CCc1ccccc1-n1c(=C(C#N)C#N)s/c(=C/c2c(Cl)cccc2Cl)c1=O. The molecule has 0 spiro atoms. The molecule has 1 heterocycles. The van der Waals surface area contributed by atoms with Crippen LogP contribution >= 0.6 is 34.5 Å². The molecule has 0 aliphatic heterocycles. The van der Waals surface area contributed by atoms with Gasteiger partial charge in [0.2, 0.25) is 0 Å². The summed E-state index contributed by atoms with van der Waals surface area (Å²) in [4.78, 5) is 13.2. The topological polar surface area (TPSA) is 69.6 Å². The second kappa shape index (κ2) is 8.46. The van der Waals surface area contributed by atoms with Crippen LogP contribution in [0.15, 0.2) is 47.3 Å². The van der Waals surface area contributed by atoms with Crippen LogP contribution in [-0.2, 0) is 6.42 Å². The van der Waals surface area contributed by atoms with E-state index in [-0.39, 0.29) is 15.8 Å². The van der Waals surface area contributed by atoms with Crippen LogP contribution in [0.25, 0.3) is 17.3 Å². The maximum absolute atomic E-state index is 13.2. The zero-order valence-corrected chi connectivity index (χ0v) is 17.1. The summed E-state index contributed by atoms with van der Waals surface area (Å²) in [5.41, 5.74) is 1.63. The van der Waals surface area contributed by atoms with Crippen LogP contribution < -0.4 is 14.8 Å². The van der Waals surface area contributed by atoms with Gasteiger partial charge in [-0.2, -0.15) is 10.5 Å². The van der Waals surface area contributed by atoms with Crippen molar-refractivity contribution in [3.63, 3.8) is 0 Å². The van der Waals surface area contributed by atoms with E-state index in [2.05, 4.69) is 0 Å². The van der Waals surface area contributed by atoms with E-state index in [0.717, 1.165) is 16.9 Å². The monoisotopic (exact) mass is 425 g/mol. The third-order valence-electron chi connectivity index (χ3n) is 4.15. The standard InChI is InChI=1S/C21H13Cl2N3OS/c1-2-13-6-3-4-9-18(13)26-20(27)19(28-21(26)14(11-24)12-25)10-15-16(22)7-5-8-17(15)23/h3-10H,2H2,1H3/b19-10+. The molecule has 138 valence electrons. The van der Waals surface area contributed by atoms with Crippen molar-refractivity contribution >= 4 is 46.2 Å². The first-order chi connectivity index (χ1) is 13.5. The van der Waals surface area contributed by atoms with Crippen molar-refractivity contribution in [3.05, 3.63) is 83.2 Å². The highest BCUT2D eigenvalue weighted by atomic mass is 35.5. The van der Waals surface area contributed by atoms with E-state index in [1.165, 1.54) is 4.57 Å². The molecular formula is C21H13Cl2N3OS. The number of aryl methyl sites for hydroxylation is 1. The zero-order chi connectivity index (χ0) is 20.3. The second-order valence-electron chi connectivity index (χ2n) is 5.77. The molecule has 0 amide bonds. The molecule has 2 aromatic carbocycles. The van der Waals surface area contributed by atoms with Gasteiger partial charge in [0, 0.05) is 15.6 Å². The minimum absolute atomic E-state index is 0.127. The second-order valence-corrected chi connectivity index (χ2v) is 7.62. The van der Waals surface area contributed by atoms with Gasteiger partial charge < -0.3 is 0 Å². The van der Waals surface area contributed by atoms with Gasteiger partial charge in [-0.3, -0.25) is 9.36 Å². The number of nitriles is 2. The summed E-state index contributed by atoms with van der Waals surface area (Å²) in [6.45, 7) is 1.98. The van der Waals surface area contributed by atoms with Crippen LogP contribution in [0.1, 0.15) is 18.1 Å². The highest BCUT2D eigenvalue weighted by Gasteiger charge is 2.14. The smallest absolute Gasteiger partial charge is 0.267 e. The highest BCUT2D eigenvalue weighted by Crippen LogP contribution is 2.24. The highest BCUT2D eigenvalue weighted by molar-refractivity contribution is 7.07. The van der Waals surface area contributed by atoms with Gasteiger partial charge in [-0.25, -0.2) is 0 Å². The van der Waals surface area contributed by atoms with E-state index in [0.29, 0.717) is 32.2 Å². The number of benzene rings is 2. The van der Waals surface area contributed by atoms with Crippen LogP contribution in [0.5, 0.6) is 0 Å². The van der Waals surface area contributed by atoms with Crippen LogP contribution in [-0.4, -0.2) is 4.57 Å². The number of halogens is 2. The Morgan fingerprint density at radius 3 is 2.36 bits per heavy atom. The Hall–Kier alpha value is -2.83. The predicted octanol–water partition coefficient (Wildman–Crippen LogP) is 3.79. The normalized spacial score (nSPS) is 11.1. The van der Waals surface area contributed by atoms with E-state index in [9.17, 15) is 15.3 Å². The van der Waals surface area contributed by atoms with Gasteiger partial charge in [-0.05, 0) is 36.3 Å². The molecule has 0 fully saturated rings. The van der Waals surface area contributed by atoms with Crippen molar-refractivity contribution in [2.24, 2.45) is 0 Å². The van der Waals surface area contributed by atoms with Crippen molar-refractivity contribution < 1.29 is 0 Å². The third kappa shape index (κ3) is 3.61. The van der Waals surface area contributed by atoms with E-state index >= 15 is 0 Å². The van der Waals surface area contributed by atoms with Gasteiger partial charge in [0.25, 0.3) is 5.56 Å². The molecule has 0 aliphatic carbocycles. The van der Waals surface area contributed by atoms with Crippen LogP contribution in [0, 0.1) is 22.7 Å². The van der Waals surface area contributed by atoms with Gasteiger partial charge in [0.15, 0.2) is 5.57 Å². The lowest BCUT2D eigenvalue weighted by molar-refractivity contribution is 0.953. The summed E-state index contributed by atoms with van der Waals surface area (Å²) in [6.07, 6.45) is 2.29. The molecule has 7 heteroatoms. The Morgan fingerprint density at radius 1 is 1.11 bits per heavy atom. The lowest BCUT2D eigenvalue weighted by atomic mass is 10.1. The van der Waals surface area contributed by atoms with E-state index < -0.39 is 0 Å². The first kappa shape index (κ1) is 19.9. The largest absolute Gasteiger partial charge is 0.273 e. The molecule has 0 N–H and O–H groups in total. The average molecular weight is 426 g/mol. The molecule has 28 heavy (non-hydrogen) atoms. The Balaban J connectivity index is 2.48. The Labute approximate surface area is 175 Å². The molecule has 0 saturated carbocycles. The Morgan fingerprint density at radius 2 is 1.75 bits per heavy atom. The molecule has 3 rings (SSSR count). The predicted molar refractivity (Wildman–Crippen MR) is 113 cm³/mol. The zero-order valence-electron chi connectivity index (χ0n) is 14.7. The number of rotatable bonds is 3. The molecule has 1 aromatic heterocycles. The lowest BCUT2D eigenvalue weighted by Gasteiger charge is -2.08. The number of para-hydroxylation sites is 1. The number of nitrogens with zero attached hydrogens (tertiary/aromatic N) is 3. The maximum Gasteiger partial charge on any atom is 0.273 e. The first-order valence-corrected chi connectivity index (χ1v) is 9.89. The third-order valence-corrected chi connectivity index (χ3v) is 5.90. The molecule has 0 saturated heterocycles. The Kier molecular flexibility index (Phi) is 6.02. The van der Waals surface area contributed by atoms with Crippen LogP contribution in [0.4, 0.5) is 0 Å². The van der Waals surface area contributed by atoms with Crippen molar-refractivity contribution in [2.75, 3.05) is 0 Å². The minimum Gasteiger partial charge on any atom is -0.267 e. The van der Waals surface area contributed by atoms with Crippen molar-refractivity contribution in [2.45, 2.75) is 13.3 Å². The average Bonchev–Trinajstić information content (AvgIpc) is 3.01. The quantitative estimate of drug-likeness (QED) is 0.640. The number of hydrogen-bond donors (Lipinski definition) is 0. The summed E-state index contributed by atoms with van der Waals surface area (Å²) in [6, 6.07) is 16.3. The summed E-state index contributed by atoms with van der Waals surface area (Å²) in [5, 5.41) is 19.6. The maximum atomic E-state index is 13.2. The molecule has 0 radical (unpaired) electrons. The van der Waals surface area contributed by atoms with Crippen LogP contribution in [0.2, 0.25) is 10.0 Å². The molecule has 3 aromatic rings. The summed E-state index contributed by atoms with van der Waals surface area (Å²) >= 11 is 13.5.